The molecule has 1 atom stereocenters. The lowest BCUT2D eigenvalue weighted by Crippen LogP contribution is -2.50. The van der Waals surface area contributed by atoms with Gasteiger partial charge >= 0.3 is 0 Å². The van der Waals surface area contributed by atoms with Crippen molar-refractivity contribution in [2.24, 2.45) is 0 Å². The van der Waals surface area contributed by atoms with Crippen LogP contribution in [0.5, 0.6) is 5.75 Å². The number of hydrogen-bond donors (Lipinski definition) is 1. The Morgan fingerprint density at radius 1 is 1.41 bits per heavy atom. The van der Waals surface area contributed by atoms with E-state index in [9.17, 15) is 4.79 Å². The third-order valence-electron chi connectivity index (χ3n) is 4.15. The lowest BCUT2D eigenvalue weighted by Gasteiger charge is -2.36. The SMILES string of the molecule is CCCN(C(=O)C(C)Oc1cccc(C)c1)C1CCNCC1. The van der Waals surface area contributed by atoms with Gasteiger partial charge in [0.25, 0.3) is 5.91 Å². The predicted molar refractivity (Wildman–Crippen MR) is 89.2 cm³/mol. The molecule has 1 aliphatic rings. The standard InChI is InChI=1S/C18H28N2O2/c1-4-12-20(16-8-10-19-11-9-16)18(21)15(3)22-17-7-5-6-14(2)13-17/h5-7,13,15-16,19H,4,8-12H2,1-3H3. The zero-order valence-corrected chi connectivity index (χ0v) is 14.0. The van der Waals surface area contributed by atoms with Gasteiger partial charge in [-0.1, -0.05) is 19.1 Å². The molecule has 122 valence electrons. The molecule has 22 heavy (non-hydrogen) atoms. The Balaban J connectivity index is 2.01. The summed E-state index contributed by atoms with van der Waals surface area (Å²) >= 11 is 0. The van der Waals surface area contributed by atoms with Gasteiger partial charge in [-0.2, -0.15) is 0 Å². The fourth-order valence-electron chi connectivity index (χ4n) is 3.01. The maximum atomic E-state index is 12.8. The van der Waals surface area contributed by atoms with E-state index in [1.165, 1.54) is 0 Å². The molecule has 0 spiro atoms. The normalized spacial score (nSPS) is 17.0. The highest BCUT2D eigenvalue weighted by Gasteiger charge is 2.28. The van der Waals surface area contributed by atoms with Crippen molar-refractivity contribution in [2.75, 3.05) is 19.6 Å². The smallest absolute Gasteiger partial charge is 0.263 e. The van der Waals surface area contributed by atoms with Crippen molar-refractivity contribution < 1.29 is 9.53 Å². The average Bonchev–Trinajstić information content (AvgIpc) is 2.53. The first kappa shape index (κ1) is 16.8. The van der Waals surface area contributed by atoms with Crippen LogP contribution >= 0.6 is 0 Å². The topological polar surface area (TPSA) is 41.6 Å². The summed E-state index contributed by atoms with van der Waals surface area (Å²) in [5, 5.41) is 3.36. The Morgan fingerprint density at radius 2 is 2.14 bits per heavy atom. The van der Waals surface area contributed by atoms with Gasteiger partial charge in [-0.25, -0.2) is 0 Å². The Hall–Kier alpha value is -1.55. The van der Waals surface area contributed by atoms with Gasteiger partial charge in [0, 0.05) is 12.6 Å². The zero-order chi connectivity index (χ0) is 15.9. The molecule has 1 fully saturated rings. The van der Waals surface area contributed by atoms with Gasteiger partial charge in [0.2, 0.25) is 0 Å². The molecule has 1 aliphatic heterocycles. The van der Waals surface area contributed by atoms with Crippen molar-refractivity contribution in [3.05, 3.63) is 29.8 Å². The van der Waals surface area contributed by atoms with Crippen LogP contribution in [0.4, 0.5) is 0 Å². The molecular formula is C18H28N2O2. The van der Waals surface area contributed by atoms with Crippen molar-refractivity contribution in [3.63, 3.8) is 0 Å². The first-order chi connectivity index (χ1) is 10.6. The van der Waals surface area contributed by atoms with Crippen molar-refractivity contribution >= 4 is 5.91 Å². The van der Waals surface area contributed by atoms with Crippen LogP contribution in [0.1, 0.15) is 38.7 Å². The molecule has 0 aromatic heterocycles. The number of amides is 1. The number of nitrogens with zero attached hydrogens (tertiary/aromatic N) is 1. The van der Waals surface area contributed by atoms with E-state index in [2.05, 4.69) is 12.2 Å². The predicted octanol–water partition coefficient (Wildman–Crippen LogP) is 2.75. The molecule has 0 saturated carbocycles. The quantitative estimate of drug-likeness (QED) is 0.878. The number of carbonyl (C=O) groups excluding carboxylic acids is 1. The highest BCUT2D eigenvalue weighted by atomic mass is 16.5. The summed E-state index contributed by atoms with van der Waals surface area (Å²) in [7, 11) is 0. The van der Waals surface area contributed by atoms with Crippen LogP contribution in [-0.4, -0.2) is 42.6 Å². The second kappa shape index (κ2) is 8.18. The monoisotopic (exact) mass is 304 g/mol. The molecule has 0 radical (unpaired) electrons. The summed E-state index contributed by atoms with van der Waals surface area (Å²) < 4.78 is 5.87. The fraction of sp³-hybridized carbons (Fsp3) is 0.611. The molecule has 4 heteroatoms. The molecule has 0 aliphatic carbocycles. The summed E-state index contributed by atoms with van der Waals surface area (Å²) in [6, 6.07) is 8.21. The summed E-state index contributed by atoms with van der Waals surface area (Å²) in [6.45, 7) is 8.79. The van der Waals surface area contributed by atoms with E-state index < -0.39 is 6.10 Å². The molecule has 2 rings (SSSR count). The number of aryl methyl sites for hydroxylation is 1. The lowest BCUT2D eigenvalue weighted by atomic mass is 10.0. The molecule has 4 nitrogen and oxygen atoms in total. The van der Waals surface area contributed by atoms with Crippen LogP contribution in [0.15, 0.2) is 24.3 Å². The Morgan fingerprint density at radius 3 is 2.77 bits per heavy atom. The molecule has 1 amide bonds. The van der Waals surface area contributed by atoms with Crippen LogP contribution in [0.2, 0.25) is 0 Å². The summed E-state index contributed by atoms with van der Waals surface area (Å²) in [4.78, 5) is 14.8. The van der Waals surface area contributed by atoms with E-state index in [4.69, 9.17) is 4.74 Å². The molecule has 1 N–H and O–H groups in total. The van der Waals surface area contributed by atoms with Gasteiger partial charge in [0.1, 0.15) is 5.75 Å². The maximum absolute atomic E-state index is 12.8. The largest absolute Gasteiger partial charge is 0.481 e. The Labute approximate surface area is 133 Å². The fourth-order valence-corrected chi connectivity index (χ4v) is 3.01. The first-order valence-corrected chi connectivity index (χ1v) is 8.36. The number of piperidine rings is 1. The van der Waals surface area contributed by atoms with Crippen molar-refractivity contribution in [2.45, 2.75) is 52.2 Å². The molecular weight excluding hydrogens is 276 g/mol. The second-order valence-corrected chi connectivity index (χ2v) is 6.09. The molecule has 1 aromatic rings. The third-order valence-corrected chi connectivity index (χ3v) is 4.15. The van der Waals surface area contributed by atoms with Crippen molar-refractivity contribution in [1.82, 2.24) is 10.2 Å². The van der Waals surface area contributed by atoms with Gasteiger partial charge < -0.3 is 15.0 Å². The van der Waals surface area contributed by atoms with Crippen LogP contribution < -0.4 is 10.1 Å². The minimum Gasteiger partial charge on any atom is -0.481 e. The van der Waals surface area contributed by atoms with E-state index in [0.717, 1.165) is 50.2 Å². The van der Waals surface area contributed by atoms with Gasteiger partial charge in [0.05, 0.1) is 0 Å². The minimum atomic E-state index is -0.441. The van der Waals surface area contributed by atoms with E-state index >= 15 is 0 Å². The summed E-state index contributed by atoms with van der Waals surface area (Å²) in [5.41, 5.74) is 1.14. The van der Waals surface area contributed by atoms with Crippen molar-refractivity contribution in [3.8, 4) is 5.75 Å². The van der Waals surface area contributed by atoms with Gasteiger partial charge in [0.15, 0.2) is 6.10 Å². The molecule has 1 aromatic carbocycles. The van der Waals surface area contributed by atoms with Crippen molar-refractivity contribution in [1.29, 1.82) is 0 Å². The number of nitrogens with one attached hydrogen (secondary N) is 1. The van der Waals surface area contributed by atoms with Crippen LogP contribution in [0.25, 0.3) is 0 Å². The molecule has 0 bridgehead atoms. The first-order valence-electron chi connectivity index (χ1n) is 8.36. The van der Waals surface area contributed by atoms with E-state index in [0.29, 0.717) is 6.04 Å². The van der Waals surface area contributed by atoms with E-state index in [1.54, 1.807) is 0 Å². The van der Waals surface area contributed by atoms with E-state index in [-0.39, 0.29) is 5.91 Å². The number of hydrogen-bond acceptors (Lipinski definition) is 3. The van der Waals surface area contributed by atoms with Gasteiger partial charge in [-0.15, -0.1) is 0 Å². The van der Waals surface area contributed by atoms with E-state index in [1.807, 2.05) is 43.0 Å². The summed E-state index contributed by atoms with van der Waals surface area (Å²) in [5.74, 6) is 0.873. The third kappa shape index (κ3) is 4.47. The van der Waals surface area contributed by atoms with Gasteiger partial charge in [-0.05, 0) is 63.9 Å². The number of ether oxygens (including phenoxy) is 1. The second-order valence-electron chi connectivity index (χ2n) is 6.09. The minimum absolute atomic E-state index is 0.107. The Kier molecular flexibility index (Phi) is 6.25. The number of carbonyl (C=O) groups is 1. The Bertz CT molecular complexity index is 484. The van der Waals surface area contributed by atoms with Crippen LogP contribution in [0, 0.1) is 6.92 Å². The zero-order valence-electron chi connectivity index (χ0n) is 14.0. The molecule has 1 heterocycles. The molecule has 1 saturated heterocycles. The number of rotatable bonds is 6. The maximum Gasteiger partial charge on any atom is 0.263 e. The van der Waals surface area contributed by atoms with Gasteiger partial charge in [-0.3, -0.25) is 4.79 Å². The summed E-state index contributed by atoms with van der Waals surface area (Å²) in [6.07, 6.45) is 2.60. The molecule has 1 unspecified atom stereocenters. The number of benzene rings is 1. The average molecular weight is 304 g/mol. The highest BCUT2D eigenvalue weighted by Crippen LogP contribution is 2.18. The van der Waals surface area contributed by atoms with Crippen LogP contribution in [-0.2, 0) is 4.79 Å². The highest BCUT2D eigenvalue weighted by molar-refractivity contribution is 5.81. The lowest BCUT2D eigenvalue weighted by molar-refractivity contribution is -0.141. The van der Waals surface area contributed by atoms with Crippen LogP contribution in [0.3, 0.4) is 0 Å².